The number of benzene rings is 1. The molecule has 0 aliphatic carbocycles. The SMILES string of the molecule is COC(=O)CCCCCCCNC(=O)N(CCCCCCCC(=O)C(C)C)C(=O)NCCCCNC(=O)C(C)C.Cc1cccc(OC(C)(COC(=O)CCCCCCCNC(=O)N(CCCCCCNC(=O)C(C)C)C(=O)NCCCCCCNC(=O)C(C)C)COC(=O)NCCCCCCNC(=O)N(CCCCCCNC(=O)C(C)C)C(=O)NCCCCCCNC(=O)C(C)C)c1. The van der Waals surface area contributed by atoms with Gasteiger partial charge in [0.05, 0.1) is 7.11 Å². The van der Waals surface area contributed by atoms with Crippen molar-refractivity contribution >= 4 is 89.5 Å². The van der Waals surface area contributed by atoms with Gasteiger partial charge in [-0.05, 0) is 147 Å². The zero-order valence-electron chi connectivity index (χ0n) is 85.2. The number of hydrogen-bond acceptors (Lipinski definition) is 19. The number of aryl methyl sites for hydroxylation is 1. The van der Waals surface area contributed by atoms with E-state index in [9.17, 15) is 71.9 Å². The number of carbonyl (C=O) groups excluding carboxylic acids is 15. The number of urea groups is 6. The molecule has 1 atom stereocenters. The second-order valence-corrected chi connectivity index (χ2v) is 37.1. The van der Waals surface area contributed by atoms with Crippen molar-refractivity contribution in [3.8, 4) is 5.75 Å². The summed E-state index contributed by atoms with van der Waals surface area (Å²) in [6, 6.07) is 4.82. The van der Waals surface area contributed by atoms with E-state index in [4.69, 9.17) is 14.2 Å². The maximum Gasteiger partial charge on any atom is 0.407 e. The van der Waals surface area contributed by atoms with E-state index in [1.807, 2.05) is 108 Å². The van der Waals surface area contributed by atoms with Gasteiger partial charge in [0.1, 0.15) is 24.7 Å². The minimum absolute atomic E-state index is 0.0135. The molecule has 34 heteroatoms. The van der Waals surface area contributed by atoms with E-state index in [0.717, 1.165) is 192 Å². The predicted molar refractivity (Wildman–Crippen MR) is 527 cm³/mol. The number of carbonyl (C=O) groups is 15. The number of amides is 18. The first-order chi connectivity index (χ1) is 64.0. The van der Waals surface area contributed by atoms with Gasteiger partial charge in [0, 0.05) is 153 Å². The van der Waals surface area contributed by atoms with E-state index in [-0.39, 0.29) is 104 Å². The van der Waals surface area contributed by atoms with Crippen LogP contribution in [0.25, 0.3) is 0 Å². The molecule has 34 nitrogen and oxygen atoms in total. The third-order valence-electron chi connectivity index (χ3n) is 22.2. The molecule has 0 aliphatic rings. The van der Waals surface area contributed by atoms with Crippen LogP contribution in [-0.4, -0.2) is 228 Å². The zero-order valence-corrected chi connectivity index (χ0v) is 85.2. The average molecular weight is 1900 g/mol. The molecular formula is C100H181N15O19. The molecule has 12 N–H and O–H groups in total. The summed E-state index contributed by atoms with van der Waals surface area (Å²) >= 11 is 0. The monoisotopic (exact) mass is 1900 g/mol. The number of methoxy groups -OCH3 is 1. The van der Waals surface area contributed by atoms with Gasteiger partial charge in [0.25, 0.3) is 0 Å². The lowest BCUT2D eigenvalue weighted by molar-refractivity contribution is -0.151. The third-order valence-corrected chi connectivity index (χ3v) is 22.2. The molecule has 0 heterocycles. The quantitative estimate of drug-likeness (QED) is 0.0164. The summed E-state index contributed by atoms with van der Waals surface area (Å²) < 4.78 is 22.3. The normalized spacial score (nSPS) is 11.5. The van der Waals surface area contributed by atoms with Crippen molar-refractivity contribution in [2.75, 3.05) is 118 Å². The van der Waals surface area contributed by atoms with Crippen molar-refractivity contribution in [2.24, 2.45) is 35.5 Å². The molecule has 0 saturated heterocycles. The van der Waals surface area contributed by atoms with E-state index < -0.39 is 53.9 Å². The van der Waals surface area contributed by atoms with Gasteiger partial charge in [-0.2, -0.15) is 0 Å². The number of unbranched alkanes of at least 4 members (excludes halogenated alkanes) is 28. The van der Waals surface area contributed by atoms with Crippen LogP contribution < -0.4 is 68.5 Å². The molecule has 1 aromatic carbocycles. The van der Waals surface area contributed by atoms with Crippen LogP contribution in [0.2, 0.25) is 0 Å². The van der Waals surface area contributed by atoms with Crippen molar-refractivity contribution in [3.05, 3.63) is 29.8 Å². The lowest BCUT2D eigenvalue weighted by Gasteiger charge is -2.30. The van der Waals surface area contributed by atoms with Crippen LogP contribution in [0.5, 0.6) is 5.75 Å². The van der Waals surface area contributed by atoms with Gasteiger partial charge in [0.15, 0.2) is 5.60 Å². The standard InChI is InChI=1S/C70H125N11O13.C30H56N4O6/c1-54(2)61(83)71-40-25-14-16-30-45-76-66(88)80(49-34-22-20-27-42-73-63(85)56(5)6)65(87)75-44-29-13-11-12-24-39-60(82)92-52-70(10,94-59-38-36-37-58(9)51-59)53-93-69(91)79-48-33-19-18-32-47-78-68(90)81(50-35-23-21-28-43-74-64(86)57(7)8)67(89)77-46-31-17-15-26-41-72-62(84)55(3)4;1-24(2)26(35)18-12-8-7-11-17-23-34(30(39)33-22-16-15-20-31-28(37)25(3)4)29(38)32-21-14-10-6-9-13-19-27(36)40-5/h36-38,51,54-57H,11-35,39-50,52-53H2,1-10H3,(H,71,83)(H,72,84)(H,73,85)(H,74,86)(H,75,87)(H,76,88)(H,77,89)(H,78,90)(H,79,91);24-25H,6-23H2,1-5H3,(H,31,37)(H,32,38)(H,33,39). The highest BCUT2D eigenvalue weighted by Crippen LogP contribution is 2.23. The number of Topliss-reactive ketones (excluding diaryl/α,β-unsaturated/α-hetero) is 1. The molecule has 0 saturated carbocycles. The van der Waals surface area contributed by atoms with Gasteiger partial charge >= 0.3 is 54.2 Å². The van der Waals surface area contributed by atoms with Gasteiger partial charge in [-0.25, -0.2) is 48.3 Å². The lowest BCUT2D eigenvalue weighted by Crippen LogP contribution is -2.49. The minimum atomic E-state index is -1.20. The molecule has 18 amide bonds. The first-order valence-corrected chi connectivity index (χ1v) is 50.9. The van der Waals surface area contributed by atoms with Crippen LogP contribution in [0, 0.1) is 42.4 Å². The van der Waals surface area contributed by atoms with E-state index >= 15 is 0 Å². The second kappa shape index (κ2) is 80.7. The summed E-state index contributed by atoms with van der Waals surface area (Å²) in [6.45, 7) is 32.4. The molecule has 1 unspecified atom stereocenters. The number of nitrogens with one attached hydrogen (secondary N) is 12. The number of alkyl carbamates (subject to hydrolysis) is 1. The van der Waals surface area contributed by atoms with Gasteiger partial charge < -0.3 is 82.7 Å². The molecule has 0 radical (unpaired) electrons. The largest absolute Gasteiger partial charge is 0.480 e. The Morgan fingerprint density at radius 1 is 0.284 bits per heavy atom. The minimum Gasteiger partial charge on any atom is -0.480 e. The molecule has 0 fully saturated rings. The molecule has 0 aromatic heterocycles. The maximum absolute atomic E-state index is 13.3. The van der Waals surface area contributed by atoms with Crippen molar-refractivity contribution in [3.63, 3.8) is 0 Å². The zero-order chi connectivity index (χ0) is 100.0. The first-order valence-electron chi connectivity index (χ1n) is 50.9. The molecule has 0 aliphatic heterocycles. The van der Waals surface area contributed by atoms with Crippen molar-refractivity contribution in [2.45, 2.75) is 359 Å². The third kappa shape index (κ3) is 69.3. The second-order valence-electron chi connectivity index (χ2n) is 37.1. The Bertz CT molecular complexity index is 3310. The Hall–Kier alpha value is -9.53. The summed E-state index contributed by atoms with van der Waals surface area (Å²) in [5.41, 5.74) is -0.240. The number of imide groups is 3. The number of hydrogen-bond donors (Lipinski definition) is 12. The van der Waals surface area contributed by atoms with Gasteiger partial charge in [-0.15, -0.1) is 0 Å². The molecule has 1 aromatic rings. The topological polar surface area (TPSA) is 447 Å². The number of ether oxygens (including phenoxy) is 4. The molecule has 0 spiro atoms. The van der Waals surface area contributed by atoms with E-state index in [2.05, 4.69) is 68.5 Å². The fraction of sp³-hybridized carbons (Fsp3) is 0.790. The van der Waals surface area contributed by atoms with Crippen LogP contribution in [0.1, 0.15) is 352 Å². The average Bonchev–Trinajstić information content (AvgIpc) is 0.848. The molecule has 1 rings (SSSR count). The van der Waals surface area contributed by atoms with Crippen LogP contribution >= 0.6 is 0 Å². The Kier molecular flexibility index (Phi) is 75.0. The number of esters is 2. The van der Waals surface area contributed by atoms with Crippen LogP contribution in [-0.2, 0) is 52.6 Å². The Balaban J connectivity index is 0.00000368. The lowest BCUT2D eigenvalue weighted by atomic mass is 10.0. The highest BCUT2D eigenvalue weighted by molar-refractivity contribution is 5.95. The summed E-state index contributed by atoms with van der Waals surface area (Å²) in [6.07, 6.45) is 30.3. The van der Waals surface area contributed by atoms with Crippen LogP contribution in [0.4, 0.5) is 33.6 Å². The summed E-state index contributed by atoms with van der Waals surface area (Å²) in [7, 11) is 1.39. The molecule has 134 heavy (non-hydrogen) atoms. The fourth-order valence-electron chi connectivity index (χ4n) is 13.4. The Morgan fingerprint density at radius 2 is 0.522 bits per heavy atom. The van der Waals surface area contributed by atoms with Crippen LogP contribution in [0.15, 0.2) is 24.3 Å². The number of ketones is 1. The molecule has 770 valence electrons. The highest BCUT2D eigenvalue weighted by atomic mass is 16.6. The summed E-state index contributed by atoms with van der Waals surface area (Å²) in [4.78, 5) is 190. The summed E-state index contributed by atoms with van der Waals surface area (Å²) in [5.74, 6) is 0.125. The summed E-state index contributed by atoms with van der Waals surface area (Å²) in [5, 5.41) is 34.6. The molecule has 0 bridgehead atoms. The van der Waals surface area contributed by atoms with Gasteiger partial charge in [-0.1, -0.05) is 217 Å². The smallest absolute Gasteiger partial charge is 0.407 e. The highest BCUT2D eigenvalue weighted by Gasteiger charge is 2.32. The van der Waals surface area contributed by atoms with E-state index in [1.165, 1.54) is 21.8 Å². The van der Waals surface area contributed by atoms with Crippen molar-refractivity contribution in [1.82, 2.24) is 78.5 Å². The Labute approximate surface area is 803 Å². The van der Waals surface area contributed by atoms with E-state index in [1.54, 1.807) is 13.0 Å². The predicted octanol–water partition coefficient (Wildman–Crippen LogP) is 16.4. The molecular weight excluding hydrogens is 1720 g/mol. The maximum atomic E-state index is 13.3. The van der Waals surface area contributed by atoms with Gasteiger partial charge in [0.2, 0.25) is 29.5 Å². The van der Waals surface area contributed by atoms with Crippen molar-refractivity contribution < 1.29 is 90.9 Å². The first kappa shape index (κ1) is 124. The van der Waals surface area contributed by atoms with Crippen LogP contribution in [0.3, 0.4) is 0 Å². The number of nitrogens with zero attached hydrogens (tertiary/aromatic N) is 3. The number of rotatable bonds is 76. The van der Waals surface area contributed by atoms with E-state index in [0.29, 0.717) is 161 Å². The van der Waals surface area contributed by atoms with Gasteiger partial charge in [-0.3, -0.25) is 38.4 Å². The fourth-order valence-corrected chi connectivity index (χ4v) is 13.4. The van der Waals surface area contributed by atoms with Crippen molar-refractivity contribution in [1.29, 1.82) is 0 Å². The Morgan fingerprint density at radius 3 is 0.799 bits per heavy atom.